The van der Waals surface area contributed by atoms with Crippen molar-refractivity contribution >= 4 is 12.0 Å². The summed E-state index contributed by atoms with van der Waals surface area (Å²) in [5.41, 5.74) is 6.63. The van der Waals surface area contributed by atoms with Crippen molar-refractivity contribution in [3.05, 3.63) is 58.4 Å². The van der Waals surface area contributed by atoms with E-state index in [1.54, 1.807) is 6.08 Å². The Bertz CT molecular complexity index is 673. The minimum atomic E-state index is -0.929. The highest BCUT2D eigenvalue weighted by Gasteiger charge is 2.09. The Labute approximate surface area is 119 Å². The largest absolute Gasteiger partial charge is 0.478 e. The van der Waals surface area contributed by atoms with Gasteiger partial charge in [-0.2, -0.15) is 0 Å². The number of hydrogen-bond donors (Lipinski definition) is 1. The van der Waals surface area contributed by atoms with Crippen LogP contribution < -0.4 is 0 Å². The Hall–Kier alpha value is -2.29. The first-order valence-electron chi connectivity index (χ1n) is 6.57. The lowest BCUT2D eigenvalue weighted by atomic mass is 10.1. The van der Waals surface area contributed by atoms with Crippen LogP contribution in [0.15, 0.2) is 30.3 Å². The van der Waals surface area contributed by atoms with Gasteiger partial charge >= 0.3 is 5.97 Å². The van der Waals surface area contributed by atoms with E-state index in [4.69, 9.17) is 5.11 Å². The van der Waals surface area contributed by atoms with Crippen molar-refractivity contribution in [1.29, 1.82) is 0 Å². The van der Waals surface area contributed by atoms with Crippen molar-refractivity contribution in [3.8, 4) is 5.69 Å². The van der Waals surface area contributed by atoms with Crippen molar-refractivity contribution in [2.75, 3.05) is 0 Å². The number of aromatic nitrogens is 1. The summed E-state index contributed by atoms with van der Waals surface area (Å²) < 4.78 is 2.15. The molecule has 0 aliphatic carbocycles. The second kappa shape index (κ2) is 5.37. The second-order valence-corrected chi connectivity index (χ2v) is 5.18. The SMILES string of the molecule is Cc1cc(C)cc(-n2c(C)cc(C=CC(=O)O)c2C)c1. The van der Waals surface area contributed by atoms with E-state index in [9.17, 15) is 4.79 Å². The Morgan fingerprint density at radius 2 is 1.65 bits per heavy atom. The molecule has 2 rings (SSSR count). The molecule has 0 radical (unpaired) electrons. The molecule has 3 nitrogen and oxygen atoms in total. The fourth-order valence-corrected chi connectivity index (χ4v) is 2.59. The minimum absolute atomic E-state index is 0.929. The molecule has 0 amide bonds. The molecular weight excluding hydrogens is 250 g/mol. The molecule has 1 aromatic carbocycles. The van der Waals surface area contributed by atoms with Crippen LogP contribution in [0.25, 0.3) is 11.8 Å². The Morgan fingerprint density at radius 1 is 1.05 bits per heavy atom. The van der Waals surface area contributed by atoms with Crippen molar-refractivity contribution in [2.24, 2.45) is 0 Å². The lowest BCUT2D eigenvalue weighted by Crippen LogP contribution is -2.00. The van der Waals surface area contributed by atoms with Crippen LogP contribution in [0.3, 0.4) is 0 Å². The topological polar surface area (TPSA) is 42.2 Å². The number of aryl methyl sites for hydroxylation is 3. The predicted molar refractivity (Wildman–Crippen MR) is 81.4 cm³/mol. The molecule has 2 aromatic rings. The van der Waals surface area contributed by atoms with Crippen LogP contribution in [0, 0.1) is 27.7 Å². The lowest BCUT2D eigenvalue weighted by molar-refractivity contribution is -0.131. The van der Waals surface area contributed by atoms with Crippen molar-refractivity contribution in [1.82, 2.24) is 4.57 Å². The third-order valence-corrected chi connectivity index (χ3v) is 3.34. The normalized spacial score (nSPS) is 11.2. The molecule has 0 aliphatic rings. The monoisotopic (exact) mass is 269 g/mol. The molecular formula is C17H19NO2. The molecule has 1 heterocycles. The molecule has 0 atom stereocenters. The van der Waals surface area contributed by atoms with Gasteiger partial charge in [-0.15, -0.1) is 0 Å². The molecule has 1 aromatic heterocycles. The van der Waals surface area contributed by atoms with Crippen LogP contribution in [-0.2, 0) is 4.79 Å². The number of carboxylic acids is 1. The van der Waals surface area contributed by atoms with Crippen LogP contribution in [0.1, 0.15) is 28.1 Å². The van der Waals surface area contributed by atoms with Crippen molar-refractivity contribution in [3.63, 3.8) is 0 Å². The second-order valence-electron chi connectivity index (χ2n) is 5.18. The third kappa shape index (κ3) is 2.82. The summed E-state index contributed by atoms with van der Waals surface area (Å²) in [6, 6.07) is 8.42. The standard InChI is InChI=1S/C17H19NO2/c1-11-7-12(2)9-16(8-11)18-13(3)10-15(14(18)4)5-6-17(19)20/h5-10H,1-4H3,(H,19,20). The smallest absolute Gasteiger partial charge is 0.328 e. The fourth-order valence-electron chi connectivity index (χ4n) is 2.59. The molecule has 0 fully saturated rings. The highest BCUT2D eigenvalue weighted by Crippen LogP contribution is 2.23. The number of hydrogen-bond acceptors (Lipinski definition) is 1. The van der Waals surface area contributed by atoms with E-state index in [2.05, 4.69) is 36.6 Å². The minimum Gasteiger partial charge on any atom is -0.478 e. The zero-order valence-electron chi connectivity index (χ0n) is 12.3. The highest BCUT2D eigenvalue weighted by atomic mass is 16.4. The predicted octanol–water partition coefficient (Wildman–Crippen LogP) is 3.81. The van der Waals surface area contributed by atoms with Gasteiger partial charge in [0, 0.05) is 23.2 Å². The van der Waals surface area contributed by atoms with Gasteiger partial charge in [0.2, 0.25) is 0 Å². The average Bonchev–Trinajstić information content (AvgIpc) is 2.60. The van der Waals surface area contributed by atoms with Gasteiger partial charge in [0.1, 0.15) is 0 Å². The van der Waals surface area contributed by atoms with Crippen LogP contribution in [0.2, 0.25) is 0 Å². The maximum absolute atomic E-state index is 10.6. The van der Waals surface area contributed by atoms with Gasteiger partial charge in [0.15, 0.2) is 0 Å². The molecule has 1 N–H and O–H groups in total. The number of benzene rings is 1. The molecule has 20 heavy (non-hydrogen) atoms. The summed E-state index contributed by atoms with van der Waals surface area (Å²) in [7, 11) is 0. The molecule has 104 valence electrons. The summed E-state index contributed by atoms with van der Waals surface area (Å²) in [6.45, 7) is 8.20. The number of rotatable bonds is 3. The summed E-state index contributed by atoms with van der Waals surface area (Å²) in [4.78, 5) is 10.6. The summed E-state index contributed by atoms with van der Waals surface area (Å²) in [5.74, 6) is -0.929. The van der Waals surface area contributed by atoms with Gasteiger partial charge in [0.05, 0.1) is 0 Å². The van der Waals surface area contributed by atoms with Gasteiger partial charge in [0.25, 0.3) is 0 Å². The maximum atomic E-state index is 10.6. The average molecular weight is 269 g/mol. The molecule has 0 spiro atoms. The lowest BCUT2D eigenvalue weighted by Gasteiger charge is -2.11. The quantitative estimate of drug-likeness (QED) is 0.861. The van der Waals surface area contributed by atoms with E-state index in [0.29, 0.717) is 0 Å². The summed E-state index contributed by atoms with van der Waals surface area (Å²) in [6.07, 6.45) is 2.82. The van der Waals surface area contributed by atoms with E-state index >= 15 is 0 Å². The van der Waals surface area contributed by atoms with E-state index in [-0.39, 0.29) is 0 Å². The van der Waals surface area contributed by atoms with Crippen LogP contribution in [0.5, 0.6) is 0 Å². The van der Waals surface area contributed by atoms with Crippen LogP contribution >= 0.6 is 0 Å². The number of nitrogens with zero attached hydrogens (tertiary/aromatic N) is 1. The number of carboxylic acid groups (broad SMARTS) is 1. The first-order valence-corrected chi connectivity index (χ1v) is 6.57. The van der Waals surface area contributed by atoms with Gasteiger partial charge in [-0.1, -0.05) is 6.07 Å². The fraction of sp³-hybridized carbons (Fsp3) is 0.235. The molecule has 0 unspecified atom stereocenters. The van der Waals surface area contributed by atoms with Crippen LogP contribution in [-0.4, -0.2) is 15.6 Å². The molecule has 0 aliphatic heterocycles. The van der Waals surface area contributed by atoms with Crippen molar-refractivity contribution in [2.45, 2.75) is 27.7 Å². The molecule has 0 saturated heterocycles. The number of carbonyl (C=O) groups is 1. The summed E-state index contributed by atoms with van der Waals surface area (Å²) in [5, 5.41) is 8.74. The van der Waals surface area contributed by atoms with E-state index in [1.807, 2.05) is 19.9 Å². The Morgan fingerprint density at radius 3 is 2.20 bits per heavy atom. The first kappa shape index (κ1) is 14.1. The Kier molecular flexibility index (Phi) is 3.79. The van der Waals surface area contributed by atoms with Crippen molar-refractivity contribution < 1.29 is 9.90 Å². The van der Waals surface area contributed by atoms with E-state index in [0.717, 1.165) is 22.6 Å². The zero-order chi connectivity index (χ0) is 14.9. The first-order chi connectivity index (χ1) is 9.38. The van der Waals surface area contributed by atoms with Gasteiger partial charge in [-0.3, -0.25) is 0 Å². The van der Waals surface area contributed by atoms with Crippen LogP contribution in [0.4, 0.5) is 0 Å². The van der Waals surface area contributed by atoms with E-state index < -0.39 is 5.97 Å². The highest BCUT2D eigenvalue weighted by molar-refractivity contribution is 5.85. The molecule has 0 bridgehead atoms. The maximum Gasteiger partial charge on any atom is 0.328 e. The third-order valence-electron chi connectivity index (χ3n) is 3.34. The molecule has 3 heteroatoms. The van der Waals surface area contributed by atoms with Gasteiger partial charge in [-0.25, -0.2) is 4.79 Å². The van der Waals surface area contributed by atoms with Gasteiger partial charge < -0.3 is 9.67 Å². The Balaban J connectivity index is 2.55. The number of aliphatic carboxylic acids is 1. The molecule has 0 saturated carbocycles. The zero-order valence-corrected chi connectivity index (χ0v) is 12.3. The summed E-state index contributed by atoms with van der Waals surface area (Å²) >= 11 is 0. The van der Waals surface area contributed by atoms with E-state index in [1.165, 1.54) is 17.2 Å². The van der Waals surface area contributed by atoms with Gasteiger partial charge in [-0.05, 0) is 68.7 Å².